The molecule has 2 heterocycles. The van der Waals surface area contributed by atoms with Crippen LogP contribution >= 0.6 is 0 Å². The molecule has 16 rings (SSSR count). The van der Waals surface area contributed by atoms with Crippen LogP contribution in [0.1, 0.15) is 73.5 Å². The Morgan fingerprint density at radius 3 is 1.59 bits per heavy atom. The number of nitrogens with zero attached hydrogens (tertiary/aromatic N) is 1. The van der Waals surface area contributed by atoms with Gasteiger partial charge < -0.3 is 9.73 Å². The van der Waals surface area contributed by atoms with Crippen LogP contribution in [-0.2, 0) is 10.8 Å². The zero-order valence-corrected chi connectivity index (χ0v) is 38.5. The van der Waals surface area contributed by atoms with Gasteiger partial charge in [0.15, 0.2) is 0 Å². The third kappa shape index (κ3) is 4.99. The Balaban J connectivity index is 1.04. The quantitative estimate of drug-likeness (QED) is 0.186. The second kappa shape index (κ2) is 14.4. The minimum atomic E-state index is -0.782. The summed E-state index contributed by atoms with van der Waals surface area (Å²) in [7, 11) is 0. The first-order chi connectivity index (χ1) is 35.2. The lowest BCUT2D eigenvalue weighted by atomic mass is 9.52. The summed E-state index contributed by atoms with van der Waals surface area (Å²) in [6.07, 6.45) is -0.749. The van der Waals surface area contributed by atoms with Crippen molar-refractivity contribution >= 4 is 49.3 Å². The first kappa shape index (κ1) is 39.1. The molecule has 0 radical (unpaired) electrons. The zero-order valence-electron chi connectivity index (χ0n) is 38.5. The van der Waals surface area contributed by atoms with Crippen molar-refractivity contribution in [3.8, 4) is 22.3 Å². The van der Waals surface area contributed by atoms with E-state index in [4.69, 9.17) is 9.41 Å². The molecule has 4 nitrogen and oxygen atoms in total. The van der Waals surface area contributed by atoms with Crippen LogP contribution in [0.25, 0.3) is 65.7 Å². The third-order valence-corrected chi connectivity index (χ3v) is 16.5. The highest BCUT2D eigenvalue weighted by Gasteiger charge is 2.60. The topological polar surface area (TPSA) is 49.6 Å². The van der Waals surface area contributed by atoms with Gasteiger partial charge in [0.1, 0.15) is 29.3 Å². The highest BCUT2D eigenvalue weighted by Crippen LogP contribution is 2.69. The number of hydrogen-bond donors (Lipinski definition) is 2. The van der Waals surface area contributed by atoms with Crippen molar-refractivity contribution < 1.29 is 4.42 Å². The molecule has 332 valence electrons. The molecule has 4 heteroatoms. The van der Waals surface area contributed by atoms with Crippen LogP contribution in [-0.4, -0.2) is 5.84 Å². The van der Waals surface area contributed by atoms with Gasteiger partial charge in [-0.3, -0.25) is 5.32 Å². The molecular weight excluding hydrogens is 863 g/mol. The van der Waals surface area contributed by atoms with E-state index >= 15 is 0 Å². The van der Waals surface area contributed by atoms with E-state index in [1.165, 1.54) is 82.9 Å². The van der Waals surface area contributed by atoms with E-state index < -0.39 is 17.0 Å². The maximum Gasteiger partial charge on any atom is 0.143 e. The smallest absolute Gasteiger partial charge is 0.143 e. The Hall–Kier alpha value is -8.83. The average Bonchev–Trinajstić information content (AvgIpc) is 4.08. The fourth-order valence-electron chi connectivity index (χ4n) is 13.8. The van der Waals surface area contributed by atoms with Gasteiger partial charge in [0, 0.05) is 21.9 Å². The SMILES string of the molecule is c1ccc2c(c1)-c1ccccc1C21c2ccccc2C2(c3ccccc31)c1ccc3c(oc4ccccc43)c1-c1cccc(C3N=C(c4cccc5ccccc45)NC(c4cccc5ccccc45)N3)c12. The van der Waals surface area contributed by atoms with Crippen molar-refractivity contribution in [2.45, 2.75) is 23.2 Å². The van der Waals surface area contributed by atoms with E-state index in [9.17, 15) is 0 Å². The van der Waals surface area contributed by atoms with E-state index in [0.29, 0.717) is 0 Å². The van der Waals surface area contributed by atoms with Gasteiger partial charge >= 0.3 is 0 Å². The lowest BCUT2D eigenvalue weighted by Crippen LogP contribution is -2.47. The second-order valence-electron chi connectivity index (χ2n) is 19.6. The van der Waals surface area contributed by atoms with Gasteiger partial charge in [0.25, 0.3) is 0 Å². The standard InChI is InChI=1S/C67H43N3O/c1-3-22-42-40(18-1)20-15-27-48(42)63-68-64(49-28-16-21-41-19-2-4-23-43(41)49)70-65(69-63)51-30-17-29-50-60-58(39-38-47-46-26-7-14-37-59(46)71-62(47)60)67(61(50)51)56-35-12-10-33-54(56)66(55-34-11-13-36-57(55)67)52-31-8-5-24-44(52)45-25-6-9-32-53(45)66/h1-39,63,65,69H,(H,68,70). The molecule has 4 aliphatic rings. The van der Waals surface area contributed by atoms with E-state index in [0.717, 1.165) is 49.9 Å². The number of fused-ring (bicyclic) bond motifs is 22. The number of rotatable bonds is 3. The Bertz CT molecular complexity index is 4180. The van der Waals surface area contributed by atoms with Crippen LogP contribution in [0.5, 0.6) is 0 Å². The molecule has 0 saturated heterocycles. The minimum Gasteiger partial charge on any atom is -0.455 e. The van der Waals surface area contributed by atoms with E-state index in [1.807, 2.05) is 0 Å². The van der Waals surface area contributed by atoms with E-state index in [1.54, 1.807) is 0 Å². The van der Waals surface area contributed by atoms with Gasteiger partial charge in [-0.25, -0.2) is 4.99 Å². The second-order valence-corrected chi connectivity index (χ2v) is 19.6. The van der Waals surface area contributed by atoms with E-state index in [2.05, 4.69) is 247 Å². The number of furan rings is 1. The number of nitrogens with one attached hydrogen (secondary N) is 2. The first-order valence-corrected chi connectivity index (χ1v) is 24.8. The monoisotopic (exact) mass is 905 g/mol. The van der Waals surface area contributed by atoms with Crippen molar-refractivity contribution in [3.05, 3.63) is 298 Å². The summed E-state index contributed by atoms with van der Waals surface area (Å²) in [5.41, 5.74) is 18.9. The highest BCUT2D eigenvalue weighted by atomic mass is 16.3. The largest absolute Gasteiger partial charge is 0.455 e. The van der Waals surface area contributed by atoms with Crippen molar-refractivity contribution in [3.63, 3.8) is 0 Å². The number of hydrogen-bond acceptors (Lipinski definition) is 4. The van der Waals surface area contributed by atoms with Gasteiger partial charge in [0.05, 0.1) is 10.8 Å². The summed E-state index contributed by atoms with van der Waals surface area (Å²) < 4.78 is 7.11. The lowest BCUT2D eigenvalue weighted by Gasteiger charge is -2.49. The minimum absolute atomic E-state index is 0.282. The highest BCUT2D eigenvalue weighted by molar-refractivity contribution is 6.13. The molecule has 0 amide bonds. The van der Waals surface area contributed by atoms with Gasteiger partial charge in [-0.15, -0.1) is 0 Å². The van der Waals surface area contributed by atoms with Gasteiger partial charge in [-0.2, -0.15) is 0 Å². The Kier molecular flexibility index (Phi) is 7.90. The maximum atomic E-state index is 7.11. The molecule has 2 N–H and O–H groups in total. The summed E-state index contributed by atoms with van der Waals surface area (Å²) in [5, 5.41) is 15.1. The van der Waals surface area contributed by atoms with Gasteiger partial charge in [-0.1, -0.05) is 231 Å². The first-order valence-electron chi connectivity index (χ1n) is 24.8. The molecule has 0 bridgehead atoms. The summed E-state index contributed by atoms with van der Waals surface area (Å²) in [4.78, 5) is 5.86. The molecule has 12 aromatic rings. The lowest BCUT2D eigenvalue weighted by molar-refractivity contribution is 0.408. The molecule has 2 unspecified atom stereocenters. The molecule has 2 spiro atoms. The van der Waals surface area contributed by atoms with Crippen molar-refractivity contribution in [2.24, 2.45) is 4.99 Å². The van der Waals surface area contributed by atoms with E-state index in [-0.39, 0.29) is 6.17 Å². The van der Waals surface area contributed by atoms with Crippen LogP contribution in [0.2, 0.25) is 0 Å². The molecule has 3 aliphatic carbocycles. The fourth-order valence-corrected chi connectivity index (χ4v) is 13.8. The van der Waals surface area contributed by atoms with Crippen molar-refractivity contribution in [1.29, 1.82) is 0 Å². The normalized spacial score (nSPS) is 17.4. The van der Waals surface area contributed by atoms with Gasteiger partial charge in [-0.05, 0) is 99.9 Å². The summed E-state index contributed by atoms with van der Waals surface area (Å²) in [6, 6.07) is 87.6. The summed E-state index contributed by atoms with van der Waals surface area (Å²) in [6.45, 7) is 0. The van der Waals surface area contributed by atoms with Crippen LogP contribution in [0, 0.1) is 0 Å². The predicted molar refractivity (Wildman–Crippen MR) is 288 cm³/mol. The van der Waals surface area contributed by atoms with Crippen LogP contribution in [0.15, 0.2) is 246 Å². The fraction of sp³-hybridized carbons (Fsp3) is 0.0597. The van der Waals surface area contributed by atoms with Crippen molar-refractivity contribution in [2.75, 3.05) is 0 Å². The average molecular weight is 906 g/mol. The molecule has 0 fully saturated rings. The maximum absolute atomic E-state index is 7.11. The predicted octanol–water partition coefficient (Wildman–Crippen LogP) is 15.3. The van der Waals surface area contributed by atoms with Crippen molar-refractivity contribution in [1.82, 2.24) is 10.6 Å². The van der Waals surface area contributed by atoms with Crippen LogP contribution in [0.4, 0.5) is 0 Å². The molecule has 11 aromatic carbocycles. The summed E-state index contributed by atoms with van der Waals surface area (Å²) in [5.74, 6) is 0.855. The Labute approximate surface area is 410 Å². The molecule has 0 saturated carbocycles. The molecular formula is C67H43N3O. The Morgan fingerprint density at radius 2 is 0.873 bits per heavy atom. The molecule has 1 aliphatic heterocycles. The molecule has 71 heavy (non-hydrogen) atoms. The van der Waals surface area contributed by atoms with Crippen LogP contribution < -0.4 is 10.6 Å². The number of amidine groups is 1. The molecule has 2 atom stereocenters. The Morgan fingerprint density at radius 1 is 0.366 bits per heavy atom. The third-order valence-electron chi connectivity index (χ3n) is 16.5. The van der Waals surface area contributed by atoms with Crippen LogP contribution in [0.3, 0.4) is 0 Å². The van der Waals surface area contributed by atoms with Gasteiger partial charge in [0.2, 0.25) is 0 Å². The number of benzene rings is 11. The number of para-hydroxylation sites is 1. The molecule has 1 aromatic heterocycles. The number of aliphatic imine (C=N–C) groups is 1. The zero-order chi connectivity index (χ0) is 46.4. The summed E-state index contributed by atoms with van der Waals surface area (Å²) >= 11 is 0.